The second-order valence-electron chi connectivity index (χ2n) is 5.62. The number of nitrogens with one attached hydrogen (secondary N) is 1. The summed E-state index contributed by atoms with van der Waals surface area (Å²) in [5.74, 6) is 2.13. The fourth-order valence-electron chi connectivity index (χ4n) is 2.50. The summed E-state index contributed by atoms with van der Waals surface area (Å²) < 4.78 is 5.44. The highest BCUT2D eigenvalue weighted by Crippen LogP contribution is 2.25. The van der Waals surface area contributed by atoms with Crippen molar-refractivity contribution in [1.29, 1.82) is 0 Å². The van der Waals surface area contributed by atoms with Gasteiger partial charge in [-0.15, -0.1) is 6.42 Å². The van der Waals surface area contributed by atoms with Crippen LogP contribution in [0, 0.1) is 12.3 Å². The predicted molar refractivity (Wildman–Crippen MR) is 107 cm³/mol. The van der Waals surface area contributed by atoms with Crippen molar-refractivity contribution in [1.82, 2.24) is 0 Å². The topological polar surface area (TPSA) is 81.4 Å². The lowest BCUT2D eigenvalue weighted by Crippen LogP contribution is -2.18. The maximum atomic E-state index is 12.4. The summed E-state index contributed by atoms with van der Waals surface area (Å²) in [6.45, 7) is 0.213. The van der Waals surface area contributed by atoms with Crippen molar-refractivity contribution in [2.24, 2.45) is 5.73 Å². The number of benzene rings is 2. The van der Waals surface area contributed by atoms with E-state index in [9.17, 15) is 9.59 Å². The number of carbonyl (C=O) groups is 2. The van der Waals surface area contributed by atoms with Crippen molar-refractivity contribution in [2.45, 2.75) is 0 Å². The fourth-order valence-corrected chi connectivity index (χ4v) is 3.32. The van der Waals surface area contributed by atoms with Gasteiger partial charge in [0.1, 0.15) is 12.4 Å². The quantitative estimate of drug-likeness (QED) is 0.643. The normalized spacial score (nSPS) is 10.0. The molecule has 1 aromatic heterocycles. The number of hydrogen-bond donors (Lipinski definition) is 2. The van der Waals surface area contributed by atoms with Crippen molar-refractivity contribution >= 4 is 28.8 Å². The van der Waals surface area contributed by atoms with Crippen LogP contribution in [0.25, 0.3) is 11.1 Å². The second kappa shape index (κ2) is 8.21. The molecular weight excluding hydrogens is 360 g/mol. The highest BCUT2D eigenvalue weighted by molar-refractivity contribution is 7.08. The van der Waals surface area contributed by atoms with E-state index >= 15 is 0 Å². The number of rotatable bonds is 6. The molecule has 0 aliphatic heterocycles. The number of nitrogens with two attached hydrogens (primary N) is 1. The molecule has 134 valence electrons. The van der Waals surface area contributed by atoms with Crippen LogP contribution in [0.1, 0.15) is 20.7 Å². The molecule has 0 fully saturated rings. The van der Waals surface area contributed by atoms with E-state index in [4.69, 9.17) is 16.9 Å². The van der Waals surface area contributed by atoms with Crippen LogP contribution >= 0.6 is 11.3 Å². The lowest BCUT2D eigenvalue weighted by molar-refractivity contribution is 0.0978. The van der Waals surface area contributed by atoms with Crippen molar-refractivity contribution in [3.63, 3.8) is 0 Å². The first-order valence-electron chi connectivity index (χ1n) is 8.02. The summed E-state index contributed by atoms with van der Waals surface area (Å²) in [5.41, 5.74) is 8.33. The van der Waals surface area contributed by atoms with Crippen molar-refractivity contribution < 1.29 is 14.3 Å². The summed E-state index contributed by atoms with van der Waals surface area (Å²) in [6.07, 6.45) is 5.21. The first-order valence-corrected chi connectivity index (χ1v) is 8.97. The predicted octanol–water partition coefficient (Wildman–Crippen LogP) is 3.78. The van der Waals surface area contributed by atoms with Crippen molar-refractivity contribution in [3.05, 3.63) is 70.4 Å². The number of anilines is 1. The van der Waals surface area contributed by atoms with Gasteiger partial charge in [-0.3, -0.25) is 9.59 Å². The highest BCUT2D eigenvalue weighted by Gasteiger charge is 2.16. The summed E-state index contributed by atoms with van der Waals surface area (Å²) in [5, 5.41) is 5.94. The Hall–Kier alpha value is -3.56. The zero-order chi connectivity index (χ0) is 19.2. The van der Waals surface area contributed by atoms with Crippen LogP contribution in [0.15, 0.2) is 59.3 Å². The molecule has 3 rings (SSSR count). The summed E-state index contributed by atoms with van der Waals surface area (Å²) in [4.78, 5) is 23.7. The maximum Gasteiger partial charge on any atom is 0.257 e. The highest BCUT2D eigenvalue weighted by atomic mass is 32.1. The van der Waals surface area contributed by atoms with Gasteiger partial charge in [-0.25, -0.2) is 0 Å². The largest absolute Gasteiger partial charge is 0.481 e. The Kier molecular flexibility index (Phi) is 5.55. The molecule has 5 nitrogen and oxygen atoms in total. The van der Waals surface area contributed by atoms with E-state index in [0.29, 0.717) is 11.4 Å². The monoisotopic (exact) mass is 376 g/mol. The minimum Gasteiger partial charge on any atom is -0.481 e. The smallest absolute Gasteiger partial charge is 0.257 e. The lowest BCUT2D eigenvalue weighted by atomic mass is 10.0. The molecule has 0 radical (unpaired) electrons. The Balaban J connectivity index is 1.74. The van der Waals surface area contributed by atoms with Gasteiger partial charge in [-0.2, -0.15) is 11.3 Å². The molecule has 2 amide bonds. The molecule has 0 atom stereocenters. The SMILES string of the molecule is C#CCOc1cccc(-c2ccc(NC(=O)c3cscc3C(N)=O)cc2)c1. The van der Waals surface area contributed by atoms with Gasteiger partial charge in [0.15, 0.2) is 0 Å². The summed E-state index contributed by atoms with van der Waals surface area (Å²) in [7, 11) is 0. The van der Waals surface area contributed by atoms with Gasteiger partial charge in [0.2, 0.25) is 5.91 Å². The Morgan fingerprint density at radius 1 is 1.07 bits per heavy atom. The minimum atomic E-state index is -0.622. The zero-order valence-corrected chi connectivity index (χ0v) is 15.1. The molecule has 1 heterocycles. The third-order valence-corrected chi connectivity index (χ3v) is 4.55. The van der Waals surface area contributed by atoms with Gasteiger partial charge in [-0.05, 0) is 35.4 Å². The Labute approximate surface area is 160 Å². The van der Waals surface area contributed by atoms with E-state index in [0.717, 1.165) is 11.1 Å². The number of hydrogen-bond acceptors (Lipinski definition) is 4. The molecule has 0 aliphatic carbocycles. The number of ether oxygens (including phenoxy) is 1. The Morgan fingerprint density at radius 3 is 2.52 bits per heavy atom. The second-order valence-corrected chi connectivity index (χ2v) is 6.36. The molecule has 6 heteroatoms. The van der Waals surface area contributed by atoms with Gasteiger partial charge in [0.05, 0.1) is 11.1 Å². The average molecular weight is 376 g/mol. The van der Waals surface area contributed by atoms with E-state index in [2.05, 4.69) is 11.2 Å². The average Bonchev–Trinajstić information content (AvgIpc) is 3.17. The lowest BCUT2D eigenvalue weighted by Gasteiger charge is -2.08. The van der Waals surface area contributed by atoms with Crippen LogP contribution in [-0.4, -0.2) is 18.4 Å². The van der Waals surface area contributed by atoms with Crippen LogP contribution < -0.4 is 15.8 Å². The third kappa shape index (κ3) is 4.35. The molecule has 3 N–H and O–H groups in total. The molecule has 0 saturated carbocycles. The molecule has 3 aromatic rings. The molecule has 0 aliphatic rings. The molecule has 0 bridgehead atoms. The molecule has 27 heavy (non-hydrogen) atoms. The summed E-state index contributed by atoms with van der Waals surface area (Å²) in [6, 6.07) is 14.9. The van der Waals surface area contributed by atoms with Crippen molar-refractivity contribution in [2.75, 3.05) is 11.9 Å². The van der Waals surface area contributed by atoms with Crippen LogP contribution in [0.3, 0.4) is 0 Å². The van der Waals surface area contributed by atoms with E-state index in [1.165, 1.54) is 11.3 Å². The van der Waals surface area contributed by atoms with Gasteiger partial charge in [0.25, 0.3) is 5.91 Å². The van der Waals surface area contributed by atoms with Gasteiger partial charge >= 0.3 is 0 Å². The number of primary amides is 1. The number of amides is 2. The standard InChI is InChI=1S/C21H16N2O3S/c1-2-10-26-17-5-3-4-15(11-17)14-6-8-16(9-7-14)23-21(25)19-13-27-12-18(19)20(22)24/h1,3-9,11-13H,10H2,(H2,22,24)(H,23,25). The van der Waals surface area contributed by atoms with Crippen molar-refractivity contribution in [3.8, 4) is 29.2 Å². The van der Waals surface area contributed by atoms with Crippen LogP contribution in [-0.2, 0) is 0 Å². The Morgan fingerprint density at radius 2 is 1.81 bits per heavy atom. The van der Waals surface area contributed by atoms with E-state index < -0.39 is 5.91 Å². The molecule has 0 unspecified atom stereocenters. The first-order chi connectivity index (χ1) is 13.1. The molecule has 0 spiro atoms. The molecule has 2 aromatic carbocycles. The molecule has 0 saturated heterocycles. The number of carbonyl (C=O) groups excluding carboxylic acids is 2. The summed E-state index contributed by atoms with van der Waals surface area (Å²) >= 11 is 1.25. The van der Waals surface area contributed by atoms with Gasteiger partial charge in [-0.1, -0.05) is 30.2 Å². The number of terminal acetylenes is 1. The van der Waals surface area contributed by atoms with Gasteiger partial charge < -0.3 is 15.8 Å². The Bertz CT molecular complexity index is 1020. The maximum absolute atomic E-state index is 12.4. The minimum absolute atomic E-state index is 0.213. The fraction of sp³-hybridized carbons (Fsp3) is 0.0476. The number of thiophene rings is 1. The zero-order valence-electron chi connectivity index (χ0n) is 14.3. The van der Waals surface area contributed by atoms with Crippen LogP contribution in [0.4, 0.5) is 5.69 Å². The van der Waals surface area contributed by atoms with Crippen LogP contribution in [0.5, 0.6) is 5.75 Å². The first kappa shape index (κ1) is 18.2. The third-order valence-electron chi connectivity index (χ3n) is 3.80. The van der Waals surface area contributed by atoms with Crippen LogP contribution in [0.2, 0.25) is 0 Å². The van der Waals surface area contributed by atoms with Gasteiger partial charge in [0, 0.05) is 16.4 Å². The van der Waals surface area contributed by atoms with E-state index in [1.54, 1.807) is 22.9 Å². The molecular formula is C21H16N2O3S. The van der Waals surface area contributed by atoms with E-state index in [1.807, 2.05) is 36.4 Å². The van der Waals surface area contributed by atoms with E-state index in [-0.39, 0.29) is 23.6 Å².